The van der Waals surface area contributed by atoms with Crippen LogP contribution in [0, 0.1) is 31.0 Å². The first-order valence-corrected chi connectivity index (χ1v) is 8.35. The molecule has 0 heterocycles. The van der Waals surface area contributed by atoms with E-state index in [4.69, 9.17) is 4.65 Å². The van der Waals surface area contributed by atoms with E-state index in [9.17, 15) is 0 Å². The molecule has 0 bridgehead atoms. The summed E-state index contributed by atoms with van der Waals surface area (Å²) in [7, 11) is 0. The number of benzene rings is 3. The summed E-state index contributed by atoms with van der Waals surface area (Å²) in [6.45, 7) is 4.50. The molecule has 3 aromatic carbocycles. The van der Waals surface area contributed by atoms with Gasteiger partial charge in [-0.2, -0.15) is 36.4 Å². The number of hydrogen-bond acceptors (Lipinski definition) is 0. The summed E-state index contributed by atoms with van der Waals surface area (Å²) < 4.78 is 7.50. The van der Waals surface area contributed by atoms with Gasteiger partial charge in [-0.05, 0) is 24.3 Å². The Morgan fingerprint density at radius 1 is 0.571 bits per heavy atom. The third-order valence-electron chi connectivity index (χ3n) is 3.06. The second kappa shape index (κ2) is 18.9. The Hall–Kier alpha value is -2.87. The molecule has 0 spiro atoms. The van der Waals surface area contributed by atoms with Gasteiger partial charge in [0.05, 0.1) is 0 Å². The van der Waals surface area contributed by atoms with Crippen LogP contribution in [0.4, 0.5) is 0 Å². The Labute approximate surface area is 182 Å². The molecule has 28 heavy (non-hydrogen) atoms. The monoisotopic (exact) mass is 532 g/mol. The van der Waals surface area contributed by atoms with Crippen molar-refractivity contribution in [3.05, 3.63) is 146 Å². The molecule has 1 aliphatic rings. The normalized spacial score (nSPS) is 9.36. The van der Waals surface area contributed by atoms with E-state index in [-0.39, 0.29) is 21.1 Å². The molecule has 3 aromatic rings. The number of rotatable bonds is 0. The van der Waals surface area contributed by atoms with Crippen LogP contribution in [-0.4, -0.2) is 0 Å². The SMILES string of the molecule is C(#Cc1ccccc1)c1ccccc1.[C-]#[O+].[CH]1C=CC=C1.[W].[c-]1ccccc1. The van der Waals surface area contributed by atoms with Gasteiger partial charge < -0.3 is 0 Å². The van der Waals surface area contributed by atoms with E-state index in [0.717, 1.165) is 11.1 Å². The molecule has 1 nitrogen and oxygen atoms in total. The quantitative estimate of drug-likeness (QED) is 0.197. The van der Waals surface area contributed by atoms with Crippen molar-refractivity contribution in [3.63, 3.8) is 0 Å². The maximum atomic E-state index is 7.50. The van der Waals surface area contributed by atoms with Crippen LogP contribution in [0.3, 0.4) is 0 Å². The minimum atomic E-state index is 0. The van der Waals surface area contributed by atoms with E-state index in [1.807, 2.05) is 122 Å². The fourth-order valence-corrected chi connectivity index (χ4v) is 1.85. The standard InChI is InChI=1S/C14H10.C6H5.C5H5.CO.W/c1-3-7-13(8-4-1)11-12-14-9-5-2-6-10-14;1-2-4-6-5-3-1;1-2-4-5-3-1;1-2;/h1-10H;1-5H;1-5H;;/q;-1;;;. The molecule has 4 rings (SSSR count). The van der Waals surface area contributed by atoms with Crippen molar-refractivity contribution in [2.24, 2.45) is 0 Å². The zero-order valence-electron chi connectivity index (χ0n) is 15.4. The van der Waals surface area contributed by atoms with Crippen molar-refractivity contribution >= 4 is 0 Å². The number of hydrogen-bond donors (Lipinski definition) is 0. The van der Waals surface area contributed by atoms with Crippen LogP contribution in [-0.2, 0) is 25.7 Å². The van der Waals surface area contributed by atoms with Crippen LogP contribution in [0.2, 0.25) is 0 Å². The fourth-order valence-electron chi connectivity index (χ4n) is 1.85. The molecule has 2 heteroatoms. The molecule has 137 valence electrons. The third-order valence-corrected chi connectivity index (χ3v) is 3.06. The molecule has 0 unspecified atom stereocenters. The van der Waals surface area contributed by atoms with Crippen molar-refractivity contribution in [1.82, 2.24) is 0 Å². The van der Waals surface area contributed by atoms with Crippen molar-refractivity contribution < 1.29 is 25.7 Å². The van der Waals surface area contributed by atoms with Gasteiger partial charge in [0.25, 0.3) is 0 Å². The van der Waals surface area contributed by atoms with Crippen LogP contribution in [0.1, 0.15) is 11.1 Å². The first-order valence-electron chi connectivity index (χ1n) is 8.35. The summed E-state index contributed by atoms with van der Waals surface area (Å²) in [5, 5.41) is 0. The van der Waals surface area contributed by atoms with E-state index < -0.39 is 0 Å². The van der Waals surface area contributed by atoms with Gasteiger partial charge in [-0.3, -0.25) is 0 Å². The second-order valence-electron chi connectivity index (χ2n) is 5.02. The van der Waals surface area contributed by atoms with Gasteiger partial charge in [-0.25, -0.2) is 0 Å². The van der Waals surface area contributed by atoms with Gasteiger partial charge in [0.2, 0.25) is 0 Å². The smallest absolute Gasteiger partial charge is 0.00506 e. The van der Waals surface area contributed by atoms with E-state index in [0.29, 0.717) is 0 Å². The molecule has 1 radical (unpaired) electrons. The molecule has 0 saturated carbocycles. The summed E-state index contributed by atoms with van der Waals surface area (Å²) in [6.07, 6.45) is 10.0. The maximum absolute atomic E-state index is 7.50. The molecule has 0 fully saturated rings. The summed E-state index contributed by atoms with van der Waals surface area (Å²) in [4.78, 5) is 0. The molecule has 0 aliphatic heterocycles. The molecule has 0 aromatic heterocycles. The summed E-state index contributed by atoms with van der Waals surface area (Å²) >= 11 is 0. The molecule has 0 saturated heterocycles. The fraction of sp³-hybridized carbons (Fsp3) is 0. The summed E-state index contributed by atoms with van der Waals surface area (Å²) in [5.74, 6) is 6.22. The van der Waals surface area contributed by atoms with Gasteiger partial charge in [0.1, 0.15) is 0 Å². The van der Waals surface area contributed by atoms with Crippen LogP contribution < -0.4 is 0 Å². The molecule has 0 atom stereocenters. The van der Waals surface area contributed by atoms with E-state index in [2.05, 4.69) is 24.6 Å². The van der Waals surface area contributed by atoms with Gasteiger partial charge in [0.15, 0.2) is 0 Å². The van der Waals surface area contributed by atoms with E-state index in [1.165, 1.54) is 0 Å². The zero-order chi connectivity index (χ0) is 19.4. The summed E-state index contributed by atoms with van der Waals surface area (Å²) in [6, 6.07) is 32.5. The third kappa shape index (κ3) is 13.3. The zero-order valence-corrected chi connectivity index (χ0v) is 18.3. The van der Waals surface area contributed by atoms with E-state index >= 15 is 0 Å². The Kier molecular flexibility index (Phi) is 17.0. The first kappa shape index (κ1) is 25.1. The average Bonchev–Trinajstić information content (AvgIpc) is 3.37. The predicted octanol–water partition coefficient (Wildman–Crippen LogP) is 5.85. The Morgan fingerprint density at radius 2 is 0.964 bits per heavy atom. The minimum Gasteiger partial charge on any atom is -0.184 e. The van der Waals surface area contributed by atoms with Crippen molar-refractivity contribution in [3.8, 4) is 11.8 Å². The summed E-state index contributed by atoms with van der Waals surface area (Å²) in [5.41, 5.74) is 2.10. The predicted molar refractivity (Wildman–Crippen MR) is 111 cm³/mol. The molecule has 1 aliphatic carbocycles. The Morgan fingerprint density at radius 3 is 1.21 bits per heavy atom. The van der Waals surface area contributed by atoms with Crippen LogP contribution >= 0.6 is 0 Å². The second-order valence-corrected chi connectivity index (χ2v) is 5.02. The van der Waals surface area contributed by atoms with Gasteiger partial charge >= 0.3 is 11.3 Å². The van der Waals surface area contributed by atoms with Crippen LogP contribution in [0.5, 0.6) is 0 Å². The maximum Gasteiger partial charge on any atom is 0.00506 e. The Balaban J connectivity index is 0.000000432. The minimum absolute atomic E-state index is 0. The van der Waals surface area contributed by atoms with E-state index in [1.54, 1.807) is 0 Å². The van der Waals surface area contributed by atoms with Crippen molar-refractivity contribution in [2.75, 3.05) is 0 Å². The molecule has 0 amide bonds. The van der Waals surface area contributed by atoms with Gasteiger partial charge in [-0.1, -0.05) is 72.5 Å². The molecule has 0 N–H and O–H groups in total. The molecular formula is C26H20OW-. The van der Waals surface area contributed by atoms with Gasteiger partial charge in [-0.15, -0.1) is 0 Å². The van der Waals surface area contributed by atoms with Crippen LogP contribution in [0.15, 0.2) is 115 Å². The van der Waals surface area contributed by atoms with Crippen LogP contribution in [0.25, 0.3) is 0 Å². The van der Waals surface area contributed by atoms with Crippen molar-refractivity contribution in [1.29, 1.82) is 0 Å². The van der Waals surface area contributed by atoms with Gasteiger partial charge in [0, 0.05) is 38.6 Å². The first-order chi connectivity index (χ1) is 13.4. The largest absolute Gasteiger partial charge is 0.184 e. The average molecular weight is 532 g/mol. The topological polar surface area (TPSA) is 19.9 Å². The Bertz CT molecular complexity index is 775. The number of allylic oxidation sites excluding steroid dienone is 4. The molecular weight excluding hydrogens is 512 g/mol. The van der Waals surface area contributed by atoms with Crippen molar-refractivity contribution in [2.45, 2.75) is 0 Å².